The van der Waals surface area contributed by atoms with E-state index in [1.807, 2.05) is 0 Å². The van der Waals surface area contributed by atoms with Gasteiger partial charge in [-0.05, 0) is 189 Å². The van der Waals surface area contributed by atoms with Crippen LogP contribution in [0.3, 0.4) is 0 Å². The Kier molecular flexibility index (Phi) is 10.1. The van der Waals surface area contributed by atoms with Crippen molar-refractivity contribution in [2.45, 2.75) is 0 Å². The van der Waals surface area contributed by atoms with E-state index < -0.39 is 0 Å². The fourth-order valence-corrected chi connectivity index (χ4v) is 13.7. The highest BCUT2D eigenvalue weighted by molar-refractivity contribution is 6.27. The molecule has 1 heterocycles. The molecule has 0 fully saturated rings. The van der Waals surface area contributed by atoms with Gasteiger partial charge in [-0.25, -0.2) is 0 Å². The van der Waals surface area contributed by atoms with Crippen molar-refractivity contribution < 1.29 is 4.42 Å². The van der Waals surface area contributed by atoms with Crippen molar-refractivity contribution in [3.8, 4) is 55.6 Å². The molecule has 0 atom stereocenters. The largest absolute Gasteiger partial charge is 0.456 e. The van der Waals surface area contributed by atoms with Gasteiger partial charge in [-0.2, -0.15) is 0 Å². The molecular formula is C80H48O. The second kappa shape index (κ2) is 18.0. The van der Waals surface area contributed by atoms with Gasteiger partial charge in [0.2, 0.25) is 0 Å². The molecule has 0 aliphatic heterocycles. The first-order chi connectivity index (χ1) is 40.1. The maximum atomic E-state index is 6.30. The highest BCUT2D eigenvalue weighted by atomic mass is 16.3. The van der Waals surface area contributed by atoms with Gasteiger partial charge in [0.05, 0.1) is 0 Å². The van der Waals surface area contributed by atoms with Crippen LogP contribution in [0.4, 0.5) is 0 Å². The van der Waals surface area contributed by atoms with Crippen LogP contribution in [0.2, 0.25) is 0 Å². The van der Waals surface area contributed by atoms with Crippen molar-refractivity contribution in [3.63, 3.8) is 0 Å². The summed E-state index contributed by atoms with van der Waals surface area (Å²) in [5.74, 6) is 0. The molecule has 1 aromatic heterocycles. The first-order valence-corrected chi connectivity index (χ1v) is 28.0. The number of fused-ring (bicyclic) bond motifs is 6. The van der Waals surface area contributed by atoms with Gasteiger partial charge in [0.25, 0.3) is 0 Å². The molecule has 0 amide bonds. The molecule has 18 aromatic rings. The van der Waals surface area contributed by atoms with E-state index in [9.17, 15) is 0 Å². The average molecular weight is 1030 g/mol. The van der Waals surface area contributed by atoms with Crippen LogP contribution < -0.4 is 0 Å². The van der Waals surface area contributed by atoms with Crippen LogP contribution in [-0.2, 0) is 0 Å². The van der Waals surface area contributed by atoms with Crippen LogP contribution in [0.25, 0.3) is 175 Å². The van der Waals surface area contributed by atoms with Gasteiger partial charge in [-0.1, -0.05) is 255 Å². The van der Waals surface area contributed by atoms with Crippen LogP contribution in [0.15, 0.2) is 296 Å². The standard InChI is InChI=1S/C44H26.C36H22O/c1-5-27-13-15-31-17-21-37(39-23-19-29(7-1)41(27)43(31)39)35-11-3-9-33(25-35)34-10-4-12-36(26-34)38-22-18-32-16-14-28-6-2-8-30-20-24-40(38)44(32)42(28)30;1-2-10-23(11-3-1)35-27-14-6-8-16-29(27)36(30-17-9-7-15-28(30)35)26-18-19-33-31(21-26)32-20-24-12-4-5-13-25(24)22-34(32)37-33/h1-26H;1-22H. The zero-order chi connectivity index (χ0) is 53.1. The fraction of sp³-hybridized carbons (Fsp3) is 0. The molecule has 0 saturated heterocycles. The molecule has 0 radical (unpaired) electrons. The third-order valence-electron chi connectivity index (χ3n) is 17.4. The van der Waals surface area contributed by atoms with Gasteiger partial charge >= 0.3 is 0 Å². The van der Waals surface area contributed by atoms with E-state index in [-0.39, 0.29) is 0 Å². The summed E-state index contributed by atoms with van der Waals surface area (Å²) in [6, 6.07) is 107. The number of furan rings is 1. The maximum Gasteiger partial charge on any atom is 0.136 e. The average Bonchev–Trinajstić information content (AvgIpc) is 4.04. The lowest BCUT2D eigenvalue weighted by molar-refractivity contribution is 0.669. The molecule has 374 valence electrons. The Bertz CT molecular complexity index is 5250. The summed E-state index contributed by atoms with van der Waals surface area (Å²) in [7, 11) is 0. The van der Waals surface area contributed by atoms with E-state index >= 15 is 0 Å². The molecule has 0 spiro atoms. The van der Waals surface area contributed by atoms with Gasteiger partial charge in [0.15, 0.2) is 0 Å². The molecule has 1 heteroatoms. The molecule has 0 aliphatic carbocycles. The quantitative estimate of drug-likeness (QED) is 0.124. The van der Waals surface area contributed by atoms with Crippen molar-refractivity contribution in [2.75, 3.05) is 0 Å². The summed E-state index contributed by atoms with van der Waals surface area (Å²) in [6.45, 7) is 0. The van der Waals surface area contributed by atoms with Crippen molar-refractivity contribution in [1.29, 1.82) is 0 Å². The predicted molar refractivity (Wildman–Crippen MR) is 347 cm³/mol. The lowest BCUT2D eigenvalue weighted by Gasteiger charge is -2.17. The van der Waals surface area contributed by atoms with E-state index in [1.54, 1.807) is 0 Å². The molecule has 0 unspecified atom stereocenters. The SMILES string of the molecule is c1cc(-c2cccc(-c3ccc4ccc5cccc6ccc3c4c56)c2)cc(-c2ccc3ccc4cccc5ccc2c3c45)c1.c1ccc(-c2c3ccccc3c(-c3ccc4oc5cc6ccccc6cc5c4c3)c3ccccc23)cc1. The Labute approximate surface area is 467 Å². The van der Waals surface area contributed by atoms with Crippen LogP contribution in [0.1, 0.15) is 0 Å². The van der Waals surface area contributed by atoms with Crippen LogP contribution in [-0.4, -0.2) is 0 Å². The lowest BCUT2D eigenvalue weighted by Crippen LogP contribution is -1.90. The third-order valence-corrected chi connectivity index (χ3v) is 17.4. The van der Waals surface area contributed by atoms with Gasteiger partial charge < -0.3 is 4.42 Å². The summed E-state index contributed by atoms with van der Waals surface area (Å²) >= 11 is 0. The number of hydrogen-bond donors (Lipinski definition) is 0. The Morgan fingerprint density at radius 3 is 1.09 bits per heavy atom. The summed E-state index contributed by atoms with van der Waals surface area (Å²) in [6.07, 6.45) is 0. The normalized spacial score (nSPS) is 12.0. The van der Waals surface area contributed by atoms with Crippen molar-refractivity contribution >= 4 is 119 Å². The number of benzene rings is 17. The minimum absolute atomic E-state index is 0.920. The molecule has 81 heavy (non-hydrogen) atoms. The van der Waals surface area contributed by atoms with Crippen LogP contribution in [0.5, 0.6) is 0 Å². The first-order valence-electron chi connectivity index (χ1n) is 28.0. The van der Waals surface area contributed by atoms with E-state index in [1.165, 1.54) is 153 Å². The molecular weight excluding hydrogens is 977 g/mol. The monoisotopic (exact) mass is 1020 g/mol. The van der Waals surface area contributed by atoms with E-state index in [4.69, 9.17) is 4.42 Å². The smallest absolute Gasteiger partial charge is 0.136 e. The second-order valence-electron chi connectivity index (χ2n) is 21.8. The van der Waals surface area contributed by atoms with Gasteiger partial charge in [0, 0.05) is 10.8 Å². The molecule has 1 nitrogen and oxygen atoms in total. The molecule has 17 aromatic carbocycles. The molecule has 0 aliphatic rings. The minimum atomic E-state index is 0.920. The summed E-state index contributed by atoms with van der Waals surface area (Å²) in [5.41, 5.74) is 14.4. The lowest BCUT2D eigenvalue weighted by atomic mass is 9.86. The zero-order valence-electron chi connectivity index (χ0n) is 44.1. The second-order valence-corrected chi connectivity index (χ2v) is 21.8. The number of rotatable bonds is 5. The van der Waals surface area contributed by atoms with Crippen molar-refractivity contribution in [2.24, 2.45) is 0 Å². The first kappa shape index (κ1) is 45.4. The Hall–Kier alpha value is -10.6. The maximum absolute atomic E-state index is 6.30. The van der Waals surface area contributed by atoms with Gasteiger partial charge in [0.1, 0.15) is 11.2 Å². The van der Waals surface area contributed by atoms with Crippen molar-refractivity contribution in [3.05, 3.63) is 291 Å². The van der Waals surface area contributed by atoms with Crippen LogP contribution in [0, 0.1) is 0 Å². The molecule has 0 bridgehead atoms. The topological polar surface area (TPSA) is 13.1 Å². The molecule has 18 rings (SSSR count). The number of hydrogen-bond acceptors (Lipinski definition) is 1. The predicted octanol–water partition coefficient (Wildman–Crippen LogP) is 22.9. The van der Waals surface area contributed by atoms with Gasteiger partial charge in [-0.3, -0.25) is 0 Å². The highest BCUT2D eigenvalue weighted by Crippen LogP contribution is 2.46. The van der Waals surface area contributed by atoms with Crippen LogP contribution >= 0.6 is 0 Å². The van der Waals surface area contributed by atoms with E-state index in [0.29, 0.717) is 0 Å². The fourth-order valence-electron chi connectivity index (χ4n) is 13.7. The molecule has 0 saturated carbocycles. The highest BCUT2D eigenvalue weighted by Gasteiger charge is 2.19. The molecule has 0 N–H and O–H groups in total. The summed E-state index contributed by atoms with van der Waals surface area (Å²) in [5, 5.41) is 25.7. The summed E-state index contributed by atoms with van der Waals surface area (Å²) < 4.78 is 6.30. The van der Waals surface area contributed by atoms with Crippen molar-refractivity contribution in [1.82, 2.24) is 0 Å². The summed E-state index contributed by atoms with van der Waals surface area (Å²) in [4.78, 5) is 0. The van der Waals surface area contributed by atoms with E-state index in [0.717, 1.165) is 21.9 Å². The Balaban J connectivity index is 0.000000131. The zero-order valence-corrected chi connectivity index (χ0v) is 44.1. The van der Waals surface area contributed by atoms with Gasteiger partial charge in [-0.15, -0.1) is 0 Å². The third kappa shape index (κ3) is 7.19. The Morgan fingerprint density at radius 2 is 0.556 bits per heavy atom. The minimum Gasteiger partial charge on any atom is -0.456 e. The van der Waals surface area contributed by atoms with E-state index in [2.05, 4.69) is 291 Å². The Morgan fingerprint density at radius 1 is 0.173 bits per heavy atom.